The summed E-state index contributed by atoms with van der Waals surface area (Å²) < 4.78 is 0. The molecule has 0 aliphatic carbocycles. The highest BCUT2D eigenvalue weighted by Crippen LogP contribution is 2.05. The number of hydrogen-bond acceptors (Lipinski definition) is 3. The zero-order valence-corrected chi connectivity index (χ0v) is 10.0. The van der Waals surface area contributed by atoms with E-state index in [1.54, 1.807) is 0 Å². The third kappa shape index (κ3) is 3.58. The molecule has 88 valence electrons. The second kappa shape index (κ2) is 5.97. The maximum absolute atomic E-state index is 4.15. The molecule has 1 unspecified atom stereocenters. The van der Waals surface area contributed by atoms with E-state index in [0.717, 1.165) is 32.0 Å². The molecule has 2 heterocycles. The van der Waals surface area contributed by atoms with Gasteiger partial charge in [-0.3, -0.25) is 4.98 Å². The molecule has 0 aromatic carbocycles. The van der Waals surface area contributed by atoms with Gasteiger partial charge in [-0.05, 0) is 30.5 Å². The molecule has 0 amide bonds. The Morgan fingerprint density at radius 3 is 3.31 bits per heavy atom. The Bertz CT molecular complexity index is 299. The Morgan fingerprint density at radius 2 is 2.50 bits per heavy atom. The molecule has 1 N–H and O–H groups in total. The van der Waals surface area contributed by atoms with Crippen LogP contribution in [0.3, 0.4) is 0 Å². The topological polar surface area (TPSA) is 28.2 Å². The molecule has 3 nitrogen and oxygen atoms in total. The molecule has 0 spiro atoms. The van der Waals surface area contributed by atoms with Crippen LogP contribution in [-0.2, 0) is 6.42 Å². The van der Waals surface area contributed by atoms with Crippen LogP contribution in [0, 0.1) is 5.92 Å². The SMILES string of the molecule is CC1CNCCN(CCc2cccnc2)C1. The van der Waals surface area contributed by atoms with Crippen LogP contribution in [0.1, 0.15) is 12.5 Å². The Morgan fingerprint density at radius 1 is 1.56 bits per heavy atom. The molecular weight excluding hydrogens is 198 g/mol. The Hall–Kier alpha value is -0.930. The van der Waals surface area contributed by atoms with Crippen molar-refractivity contribution in [2.75, 3.05) is 32.7 Å². The summed E-state index contributed by atoms with van der Waals surface area (Å²) in [7, 11) is 0. The van der Waals surface area contributed by atoms with Gasteiger partial charge in [0, 0.05) is 38.6 Å². The molecule has 2 rings (SSSR count). The van der Waals surface area contributed by atoms with Crippen LogP contribution in [0.2, 0.25) is 0 Å². The van der Waals surface area contributed by atoms with Gasteiger partial charge in [0.05, 0.1) is 0 Å². The van der Waals surface area contributed by atoms with E-state index in [4.69, 9.17) is 0 Å². The molecule has 1 aliphatic heterocycles. The molecule has 1 fully saturated rings. The van der Waals surface area contributed by atoms with Gasteiger partial charge in [-0.25, -0.2) is 0 Å². The van der Waals surface area contributed by atoms with Crippen molar-refractivity contribution in [2.24, 2.45) is 5.92 Å². The van der Waals surface area contributed by atoms with Crippen LogP contribution in [0.4, 0.5) is 0 Å². The molecule has 0 bridgehead atoms. The molecule has 1 atom stereocenters. The Labute approximate surface area is 97.9 Å². The van der Waals surface area contributed by atoms with Crippen LogP contribution < -0.4 is 5.32 Å². The predicted octanol–water partition coefficient (Wildman–Crippen LogP) is 1.17. The van der Waals surface area contributed by atoms with Gasteiger partial charge in [0.15, 0.2) is 0 Å². The van der Waals surface area contributed by atoms with Crippen molar-refractivity contribution in [3.8, 4) is 0 Å². The largest absolute Gasteiger partial charge is 0.315 e. The highest BCUT2D eigenvalue weighted by atomic mass is 15.2. The van der Waals surface area contributed by atoms with Crippen molar-refractivity contribution in [3.05, 3.63) is 30.1 Å². The summed E-state index contributed by atoms with van der Waals surface area (Å²) in [5.41, 5.74) is 1.34. The van der Waals surface area contributed by atoms with Gasteiger partial charge in [-0.15, -0.1) is 0 Å². The summed E-state index contributed by atoms with van der Waals surface area (Å²) in [5, 5.41) is 3.47. The van der Waals surface area contributed by atoms with Gasteiger partial charge in [0.1, 0.15) is 0 Å². The smallest absolute Gasteiger partial charge is 0.0300 e. The van der Waals surface area contributed by atoms with E-state index in [9.17, 15) is 0 Å². The third-order valence-electron chi connectivity index (χ3n) is 3.11. The maximum Gasteiger partial charge on any atom is 0.0300 e. The van der Waals surface area contributed by atoms with Gasteiger partial charge in [-0.2, -0.15) is 0 Å². The summed E-state index contributed by atoms with van der Waals surface area (Å²) in [4.78, 5) is 6.70. The van der Waals surface area contributed by atoms with Gasteiger partial charge in [0.25, 0.3) is 0 Å². The van der Waals surface area contributed by atoms with Crippen molar-refractivity contribution in [1.29, 1.82) is 0 Å². The van der Waals surface area contributed by atoms with E-state index in [1.165, 1.54) is 18.7 Å². The van der Waals surface area contributed by atoms with Gasteiger partial charge < -0.3 is 10.2 Å². The Balaban J connectivity index is 1.80. The highest BCUT2D eigenvalue weighted by Gasteiger charge is 2.13. The monoisotopic (exact) mass is 219 g/mol. The number of hydrogen-bond donors (Lipinski definition) is 1. The first-order valence-corrected chi connectivity index (χ1v) is 6.16. The molecule has 3 heteroatoms. The fourth-order valence-electron chi connectivity index (χ4n) is 2.22. The number of nitrogens with one attached hydrogen (secondary N) is 1. The number of rotatable bonds is 3. The number of nitrogens with zero attached hydrogens (tertiary/aromatic N) is 2. The highest BCUT2D eigenvalue weighted by molar-refractivity contribution is 5.08. The van der Waals surface area contributed by atoms with Gasteiger partial charge in [-0.1, -0.05) is 13.0 Å². The van der Waals surface area contributed by atoms with Gasteiger partial charge in [0.2, 0.25) is 0 Å². The van der Waals surface area contributed by atoms with Crippen molar-refractivity contribution in [3.63, 3.8) is 0 Å². The van der Waals surface area contributed by atoms with Crippen LogP contribution in [0.15, 0.2) is 24.5 Å². The second-order valence-electron chi connectivity index (χ2n) is 4.72. The average molecular weight is 219 g/mol. The predicted molar refractivity (Wildman–Crippen MR) is 66.4 cm³/mol. The van der Waals surface area contributed by atoms with Crippen molar-refractivity contribution in [2.45, 2.75) is 13.3 Å². The van der Waals surface area contributed by atoms with Crippen LogP contribution in [-0.4, -0.2) is 42.6 Å². The molecule has 0 saturated carbocycles. The normalized spacial score (nSPS) is 22.9. The van der Waals surface area contributed by atoms with E-state index in [2.05, 4.69) is 28.2 Å². The molecule has 1 saturated heterocycles. The molecule has 0 radical (unpaired) electrons. The second-order valence-corrected chi connectivity index (χ2v) is 4.72. The molecular formula is C13H21N3. The minimum Gasteiger partial charge on any atom is -0.315 e. The van der Waals surface area contributed by atoms with Gasteiger partial charge >= 0.3 is 0 Å². The fourth-order valence-corrected chi connectivity index (χ4v) is 2.22. The van der Waals surface area contributed by atoms with Crippen molar-refractivity contribution < 1.29 is 0 Å². The quantitative estimate of drug-likeness (QED) is 0.827. The lowest BCUT2D eigenvalue weighted by atomic mass is 10.1. The first kappa shape index (κ1) is 11.6. The molecule has 16 heavy (non-hydrogen) atoms. The van der Waals surface area contributed by atoms with Crippen molar-refractivity contribution >= 4 is 0 Å². The van der Waals surface area contributed by atoms with Crippen LogP contribution in [0.5, 0.6) is 0 Å². The lowest BCUT2D eigenvalue weighted by Crippen LogP contribution is -2.31. The van der Waals surface area contributed by atoms with E-state index in [-0.39, 0.29) is 0 Å². The molecule has 1 aromatic heterocycles. The fraction of sp³-hybridized carbons (Fsp3) is 0.615. The summed E-state index contributed by atoms with van der Waals surface area (Å²) in [6, 6.07) is 4.18. The van der Waals surface area contributed by atoms with Crippen LogP contribution >= 0.6 is 0 Å². The standard InChI is InChI=1S/C13H21N3/c1-12-9-15-6-8-16(11-12)7-4-13-3-2-5-14-10-13/h2-3,5,10,12,15H,4,6-9,11H2,1H3. The summed E-state index contributed by atoms with van der Waals surface area (Å²) in [6.07, 6.45) is 4.92. The molecule has 1 aromatic rings. The average Bonchev–Trinajstić information content (AvgIpc) is 2.52. The van der Waals surface area contributed by atoms with Crippen molar-refractivity contribution in [1.82, 2.24) is 15.2 Å². The zero-order valence-electron chi connectivity index (χ0n) is 10.0. The lowest BCUT2D eigenvalue weighted by molar-refractivity contribution is 0.268. The third-order valence-corrected chi connectivity index (χ3v) is 3.11. The maximum atomic E-state index is 4.15. The van der Waals surface area contributed by atoms with Crippen LogP contribution in [0.25, 0.3) is 0 Å². The number of aromatic nitrogens is 1. The lowest BCUT2D eigenvalue weighted by Gasteiger charge is -2.21. The minimum atomic E-state index is 0.761. The summed E-state index contributed by atoms with van der Waals surface area (Å²) >= 11 is 0. The zero-order chi connectivity index (χ0) is 11.2. The molecule has 1 aliphatic rings. The Kier molecular flexibility index (Phi) is 4.31. The van der Waals surface area contributed by atoms with E-state index < -0.39 is 0 Å². The summed E-state index contributed by atoms with van der Waals surface area (Å²) in [6.45, 7) is 8.13. The number of pyridine rings is 1. The van der Waals surface area contributed by atoms with E-state index in [1.807, 2.05) is 18.5 Å². The van der Waals surface area contributed by atoms with E-state index >= 15 is 0 Å². The minimum absolute atomic E-state index is 0.761. The first-order chi connectivity index (χ1) is 7.84. The van der Waals surface area contributed by atoms with E-state index in [0.29, 0.717) is 0 Å². The first-order valence-electron chi connectivity index (χ1n) is 6.16. The summed E-state index contributed by atoms with van der Waals surface area (Å²) in [5.74, 6) is 0.761.